The van der Waals surface area contributed by atoms with Crippen LogP contribution < -0.4 is 15.4 Å². The zero-order valence-corrected chi connectivity index (χ0v) is 13.2. The fourth-order valence-electron chi connectivity index (χ4n) is 1.81. The summed E-state index contributed by atoms with van der Waals surface area (Å²) in [4.78, 5) is 11.9. The van der Waals surface area contributed by atoms with E-state index < -0.39 is 0 Å². The lowest BCUT2D eigenvalue weighted by Gasteiger charge is -2.09. The zero-order valence-electron chi connectivity index (χ0n) is 12.4. The second kappa shape index (κ2) is 8.29. The molecule has 5 heteroatoms. The van der Waals surface area contributed by atoms with E-state index in [0.717, 1.165) is 23.5 Å². The van der Waals surface area contributed by atoms with Crippen molar-refractivity contribution >= 4 is 28.9 Å². The van der Waals surface area contributed by atoms with Crippen LogP contribution in [-0.2, 0) is 4.79 Å². The molecule has 0 radical (unpaired) electrons. The van der Waals surface area contributed by atoms with Gasteiger partial charge in [0.2, 0.25) is 5.91 Å². The van der Waals surface area contributed by atoms with Crippen molar-refractivity contribution in [3.8, 4) is 5.75 Å². The minimum Gasteiger partial charge on any atom is -0.494 e. The Balaban J connectivity index is 1.80. The maximum absolute atomic E-state index is 11.9. The second-order valence-electron chi connectivity index (χ2n) is 4.78. The van der Waals surface area contributed by atoms with E-state index >= 15 is 0 Å². The number of carbonyl (C=O) groups is 1. The van der Waals surface area contributed by atoms with Gasteiger partial charge < -0.3 is 15.4 Å². The molecular formula is C17H19ClN2O2. The maximum atomic E-state index is 11.9. The van der Waals surface area contributed by atoms with Crippen molar-refractivity contribution in [1.82, 2.24) is 0 Å². The lowest BCUT2D eigenvalue weighted by molar-refractivity contribution is -0.114. The van der Waals surface area contributed by atoms with Gasteiger partial charge in [0.1, 0.15) is 5.75 Å². The van der Waals surface area contributed by atoms with Gasteiger partial charge in [-0.05, 0) is 55.0 Å². The number of rotatable bonds is 7. The van der Waals surface area contributed by atoms with Crippen molar-refractivity contribution in [1.29, 1.82) is 0 Å². The van der Waals surface area contributed by atoms with Crippen molar-refractivity contribution < 1.29 is 9.53 Å². The first-order valence-corrected chi connectivity index (χ1v) is 7.57. The van der Waals surface area contributed by atoms with Gasteiger partial charge in [0, 0.05) is 16.4 Å². The molecule has 0 fully saturated rings. The van der Waals surface area contributed by atoms with Gasteiger partial charge in [-0.15, -0.1) is 0 Å². The summed E-state index contributed by atoms with van der Waals surface area (Å²) in [6, 6.07) is 14.5. The largest absolute Gasteiger partial charge is 0.494 e. The molecular weight excluding hydrogens is 300 g/mol. The molecule has 0 heterocycles. The highest BCUT2D eigenvalue weighted by molar-refractivity contribution is 6.30. The maximum Gasteiger partial charge on any atom is 0.243 e. The van der Waals surface area contributed by atoms with Crippen molar-refractivity contribution in [3.05, 3.63) is 53.6 Å². The number of carbonyl (C=O) groups excluding carboxylic acids is 1. The molecule has 0 bridgehead atoms. The van der Waals surface area contributed by atoms with E-state index in [9.17, 15) is 4.79 Å². The lowest BCUT2D eigenvalue weighted by Crippen LogP contribution is -2.21. The number of ether oxygens (including phenoxy) is 1. The summed E-state index contributed by atoms with van der Waals surface area (Å²) in [7, 11) is 0. The lowest BCUT2D eigenvalue weighted by atomic mass is 10.3. The Labute approximate surface area is 135 Å². The molecule has 4 nitrogen and oxygen atoms in total. The van der Waals surface area contributed by atoms with Crippen LogP contribution in [0.1, 0.15) is 13.3 Å². The molecule has 2 rings (SSSR count). The molecule has 116 valence electrons. The van der Waals surface area contributed by atoms with Gasteiger partial charge in [-0.1, -0.05) is 18.5 Å². The summed E-state index contributed by atoms with van der Waals surface area (Å²) in [6.45, 7) is 2.94. The average Bonchev–Trinajstić information content (AvgIpc) is 2.54. The first kappa shape index (κ1) is 16.2. The monoisotopic (exact) mass is 318 g/mol. The van der Waals surface area contributed by atoms with Crippen molar-refractivity contribution in [2.75, 3.05) is 23.8 Å². The summed E-state index contributed by atoms with van der Waals surface area (Å²) in [5.41, 5.74) is 1.59. The Hall–Kier alpha value is -2.20. The highest BCUT2D eigenvalue weighted by atomic mass is 35.5. The van der Waals surface area contributed by atoms with E-state index in [1.54, 1.807) is 12.1 Å². The molecule has 0 aliphatic heterocycles. The van der Waals surface area contributed by atoms with Crippen molar-refractivity contribution in [2.45, 2.75) is 13.3 Å². The van der Waals surface area contributed by atoms with Gasteiger partial charge in [0.05, 0.1) is 13.2 Å². The van der Waals surface area contributed by atoms with E-state index in [1.807, 2.05) is 36.4 Å². The molecule has 0 aliphatic carbocycles. The standard InChI is InChI=1S/C17H19ClN2O2/c1-2-11-22-16-9-7-15(8-10-16)20-17(21)12-19-14-5-3-13(18)4-6-14/h3-10,19H,2,11-12H2,1H3,(H,20,21). The van der Waals surface area contributed by atoms with E-state index in [1.165, 1.54) is 0 Å². The highest BCUT2D eigenvalue weighted by Gasteiger charge is 2.03. The Kier molecular flexibility index (Phi) is 6.10. The van der Waals surface area contributed by atoms with Crippen molar-refractivity contribution in [3.63, 3.8) is 0 Å². The number of benzene rings is 2. The molecule has 0 saturated carbocycles. The molecule has 0 unspecified atom stereocenters. The van der Waals surface area contributed by atoms with Gasteiger partial charge in [0.25, 0.3) is 0 Å². The Morgan fingerprint density at radius 1 is 1.05 bits per heavy atom. The number of hydrogen-bond donors (Lipinski definition) is 2. The SMILES string of the molecule is CCCOc1ccc(NC(=O)CNc2ccc(Cl)cc2)cc1. The molecule has 0 aliphatic rings. The van der Waals surface area contributed by atoms with Gasteiger partial charge in [-0.2, -0.15) is 0 Å². The molecule has 1 amide bonds. The summed E-state index contributed by atoms with van der Waals surface area (Å²) >= 11 is 5.81. The molecule has 2 aromatic rings. The fourth-order valence-corrected chi connectivity index (χ4v) is 1.94. The van der Waals surface area contributed by atoms with Crippen LogP contribution in [0.15, 0.2) is 48.5 Å². The smallest absolute Gasteiger partial charge is 0.243 e. The van der Waals surface area contributed by atoms with Crippen LogP contribution in [0.4, 0.5) is 11.4 Å². The molecule has 0 saturated heterocycles. The van der Waals surface area contributed by atoms with Crippen LogP contribution in [0.3, 0.4) is 0 Å². The molecule has 22 heavy (non-hydrogen) atoms. The number of halogens is 1. The van der Waals surface area contributed by atoms with Gasteiger partial charge in [-0.3, -0.25) is 4.79 Å². The van der Waals surface area contributed by atoms with Crippen LogP contribution in [0.5, 0.6) is 5.75 Å². The third-order valence-electron chi connectivity index (χ3n) is 2.91. The number of hydrogen-bond acceptors (Lipinski definition) is 3. The topological polar surface area (TPSA) is 50.4 Å². The molecule has 2 aromatic carbocycles. The van der Waals surface area contributed by atoms with Crippen LogP contribution in [-0.4, -0.2) is 19.1 Å². The normalized spacial score (nSPS) is 10.1. The first-order valence-electron chi connectivity index (χ1n) is 7.19. The zero-order chi connectivity index (χ0) is 15.8. The minimum atomic E-state index is -0.114. The van der Waals surface area contributed by atoms with Crippen molar-refractivity contribution in [2.24, 2.45) is 0 Å². The van der Waals surface area contributed by atoms with E-state index in [-0.39, 0.29) is 12.5 Å². The van der Waals surface area contributed by atoms with Crippen LogP contribution in [0, 0.1) is 0 Å². The predicted octanol–water partition coefficient (Wildman–Crippen LogP) is 4.18. The minimum absolute atomic E-state index is 0.114. The van der Waals surface area contributed by atoms with E-state index in [4.69, 9.17) is 16.3 Å². The molecule has 2 N–H and O–H groups in total. The van der Waals surface area contributed by atoms with E-state index in [0.29, 0.717) is 11.6 Å². The predicted molar refractivity (Wildman–Crippen MR) is 90.8 cm³/mol. The van der Waals surface area contributed by atoms with Crippen LogP contribution in [0.2, 0.25) is 5.02 Å². The van der Waals surface area contributed by atoms with E-state index in [2.05, 4.69) is 17.6 Å². The third-order valence-corrected chi connectivity index (χ3v) is 3.16. The summed E-state index contributed by atoms with van der Waals surface area (Å²) in [5, 5.41) is 6.53. The Morgan fingerprint density at radius 3 is 2.32 bits per heavy atom. The molecule has 0 aromatic heterocycles. The summed E-state index contributed by atoms with van der Waals surface area (Å²) in [6.07, 6.45) is 0.967. The number of anilines is 2. The second-order valence-corrected chi connectivity index (χ2v) is 5.22. The summed E-state index contributed by atoms with van der Waals surface area (Å²) in [5.74, 6) is 0.691. The van der Waals surface area contributed by atoms with Crippen LogP contribution >= 0.6 is 11.6 Å². The number of nitrogens with one attached hydrogen (secondary N) is 2. The Morgan fingerprint density at radius 2 is 1.68 bits per heavy atom. The number of amides is 1. The van der Waals surface area contributed by atoms with Gasteiger partial charge in [-0.25, -0.2) is 0 Å². The Bertz CT molecular complexity index is 597. The third kappa shape index (κ3) is 5.30. The molecule has 0 atom stereocenters. The highest BCUT2D eigenvalue weighted by Crippen LogP contribution is 2.16. The summed E-state index contributed by atoms with van der Waals surface area (Å²) < 4.78 is 5.49. The quantitative estimate of drug-likeness (QED) is 0.805. The average molecular weight is 319 g/mol. The first-order chi connectivity index (χ1) is 10.7. The van der Waals surface area contributed by atoms with Gasteiger partial charge in [0.15, 0.2) is 0 Å². The van der Waals surface area contributed by atoms with Crippen LogP contribution in [0.25, 0.3) is 0 Å². The molecule has 0 spiro atoms. The van der Waals surface area contributed by atoms with Gasteiger partial charge >= 0.3 is 0 Å². The fraction of sp³-hybridized carbons (Fsp3) is 0.235.